The standard InChI is InChI=1S/C14H19BrO3/c1-4-6-13(14(16)17-5-2)18-11-7-8-12(15)10(3)9-11/h7-9,13H,4-6H2,1-3H3. The maximum atomic E-state index is 11.7. The van der Waals surface area contributed by atoms with Crippen molar-refractivity contribution in [1.82, 2.24) is 0 Å². The highest BCUT2D eigenvalue weighted by atomic mass is 79.9. The van der Waals surface area contributed by atoms with Gasteiger partial charge in [0.25, 0.3) is 0 Å². The number of carbonyl (C=O) groups excluding carboxylic acids is 1. The lowest BCUT2D eigenvalue weighted by Crippen LogP contribution is -2.29. The van der Waals surface area contributed by atoms with Crippen LogP contribution in [-0.2, 0) is 9.53 Å². The fourth-order valence-electron chi connectivity index (χ4n) is 1.58. The molecule has 0 heterocycles. The first-order valence-electron chi connectivity index (χ1n) is 6.17. The van der Waals surface area contributed by atoms with Crippen LogP contribution in [0.3, 0.4) is 0 Å². The number of benzene rings is 1. The van der Waals surface area contributed by atoms with Crippen molar-refractivity contribution in [2.45, 2.75) is 39.7 Å². The van der Waals surface area contributed by atoms with Crippen LogP contribution in [0.2, 0.25) is 0 Å². The predicted molar refractivity (Wildman–Crippen MR) is 74.8 cm³/mol. The molecule has 0 amide bonds. The van der Waals surface area contributed by atoms with Crippen LogP contribution in [0.1, 0.15) is 32.3 Å². The minimum atomic E-state index is -0.518. The van der Waals surface area contributed by atoms with E-state index in [4.69, 9.17) is 9.47 Å². The number of rotatable bonds is 6. The minimum Gasteiger partial charge on any atom is -0.479 e. The molecule has 0 aliphatic heterocycles. The van der Waals surface area contributed by atoms with Crippen molar-refractivity contribution in [3.8, 4) is 5.75 Å². The lowest BCUT2D eigenvalue weighted by Gasteiger charge is -2.17. The first kappa shape index (κ1) is 15.0. The highest BCUT2D eigenvalue weighted by Gasteiger charge is 2.20. The van der Waals surface area contributed by atoms with Crippen LogP contribution in [0, 0.1) is 6.92 Å². The van der Waals surface area contributed by atoms with E-state index in [0.717, 1.165) is 16.5 Å². The summed E-state index contributed by atoms with van der Waals surface area (Å²) in [5.41, 5.74) is 1.08. The molecule has 1 aromatic rings. The van der Waals surface area contributed by atoms with Crippen LogP contribution in [0.25, 0.3) is 0 Å². The Labute approximate surface area is 117 Å². The van der Waals surface area contributed by atoms with Crippen LogP contribution in [0.15, 0.2) is 22.7 Å². The van der Waals surface area contributed by atoms with Crippen molar-refractivity contribution < 1.29 is 14.3 Å². The maximum Gasteiger partial charge on any atom is 0.347 e. The van der Waals surface area contributed by atoms with Crippen molar-refractivity contribution in [3.63, 3.8) is 0 Å². The Morgan fingerprint density at radius 2 is 2.11 bits per heavy atom. The number of hydrogen-bond donors (Lipinski definition) is 0. The molecule has 0 aliphatic rings. The van der Waals surface area contributed by atoms with Gasteiger partial charge in [0.05, 0.1) is 6.61 Å². The minimum absolute atomic E-state index is 0.292. The Morgan fingerprint density at radius 1 is 1.39 bits per heavy atom. The van der Waals surface area contributed by atoms with E-state index in [1.807, 2.05) is 32.0 Å². The summed E-state index contributed by atoms with van der Waals surface area (Å²) in [6.45, 7) is 6.17. The van der Waals surface area contributed by atoms with E-state index in [9.17, 15) is 4.79 Å². The number of carbonyl (C=O) groups is 1. The molecule has 0 fully saturated rings. The van der Waals surface area contributed by atoms with Gasteiger partial charge in [-0.1, -0.05) is 29.3 Å². The largest absolute Gasteiger partial charge is 0.479 e. The molecular formula is C14H19BrO3. The molecular weight excluding hydrogens is 296 g/mol. The molecule has 0 spiro atoms. The SMILES string of the molecule is CCCC(Oc1ccc(Br)c(C)c1)C(=O)OCC. The molecule has 1 atom stereocenters. The number of ether oxygens (including phenoxy) is 2. The zero-order valence-electron chi connectivity index (χ0n) is 11.0. The van der Waals surface area contributed by atoms with E-state index < -0.39 is 6.10 Å². The van der Waals surface area contributed by atoms with E-state index in [0.29, 0.717) is 18.8 Å². The smallest absolute Gasteiger partial charge is 0.347 e. The van der Waals surface area contributed by atoms with Crippen molar-refractivity contribution in [1.29, 1.82) is 0 Å². The van der Waals surface area contributed by atoms with Gasteiger partial charge in [-0.3, -0.25) is 0 Å². The normalized spacial score (nSPS) is 12.0. The first-order chi connectivity index (χ1) is 8.58. The molecule has 0 aliphatic carbocycles. The third-order valence-electron chi connectivity index (χ3n) is 2.51. The molecule has 1 aromatic carbocycles. The van der Waals surface area contributed by atoms with E-state index in [2.05, 4.69) is 15.9 Å². The third-order valence-corrected chi connectivity index (χ3v) is 3.40. The number of hydrogen-bond acceptors (Lipinski definition) is 3. The Morgan fingerprint density at radius 3 is 2.67 bits per heavy atom. The Balaban J connectivity index is 2.76. The molecule has 0 N–H and O–H groups in total. The molecule has 1 rings (SSSR count). The monoisotopic (exact) mass is 314 g/mol. The Bertz CT molecular complexity index is 404. The quantitative estimate of drug-likeness (QED) is 0.748. The lowest BCUT2D eigenvalue weighted by molar-refractivity contribution is -0.151. The zero-order valence-corrected chi connectivity index (χ0v) is 12.6. The second-order valence-electron chi connectivity index (χ2n) is 4.06. The second kappa shape index (κ2) is 7.41. The van der Waals surface area contributed by atoms with Gasteiger partial charge >= 0.3 is 5.97 Å². The zero-order chi connectivity index (χ0) is 13.5. The van der Waals surface area contributed by atoms with Gasteiger partial charge in [-0.05, 0) is 44.0 Å². The summed E-state index contributed by atoms with van der Waals surface area (Å²) in [6, 6.07) is 5.67. The second-order valence-corrected chi connectivity index (χ2v) is 4.91. The van der Waals surface area contributed by atoms with Crippen molar-refractivity contribution in [3.05, 3.63) is 28.2 Å². The highest BCUT2D eigenvalue weighted by Crippen LogP contribution is 2.23. The summed E-state index contributed by atoms with van der Waals surface area (Å²) in [7, 11) is 0. The molecule has 0 radical (unpaired) electrons. The van der Waals surface area contributed by atoms with Gasteiger partial charge in [0.1, 0.15) is 5.75 Å². The summed E-state index contributed by atoms with van der Waals surface area (Å²) in [5.74, 6) is 0.405. The van der Waals surface area contributed by atoms with Crippen molar-refractivity contribution >= 4 is 21.9 Å². The molecule has 0 aromatic heterocycles. The van der Waals surface area contributed by atoms with Gasteiger partial charge in [0.2, 0.25) is 0 Å². The van der Waals surface area contributed by atoms with Crippen LogP contribution >= 0.6 is 15.9 Å². The topological polar surface area (TPSA) is 35.5 Å². The fraction of sp³-hybridized carbons (Fsp3) is 0.500. The number of halogens is 1. The first-order valence-corrected chi connectivity index (χ1v) is 6.97. The Hall–Kier alpha value is -1.03. The van der Waals surface area contributed by atoms with Gasteiger partial charge in [-0.25, -0.2) is 4.79 Å². The van der Waals surface area contributed by atoms with E-state index >= 15 is 0 Å². The summed E-state index contributed by atoms with van der Waals surface area (Å²) < 4.78 is 11.7. The van der Waals surface area contributed by atoms with Gasteiger partial charge in [0.15, 0.2) is 6.10 Å². The van der Waals surface area contributed by atoms with Gasteiger partial charge in [0, 0.05) is 4.47 Å². The van der Waals surface area contributed by atoms with Crippen LogP contribution in [-0.4, -0.2) is 18.7 Å². The number of aryl methyl sites for hydroxylation is 1. The van der Waals surface area contributed by atoms with Crippen LogP contribution in [0.4, 0.5) is 0 Å². The molecule has 0 saturated heterocycles. The van der Waals surface area contributed by atoms with E-state index in [1.54, 1.807) is 6.92 Å². The van der Waals surface area contributed by atoms with Gasteiger partial charge < -0.3 is 9.47 Å². The molecule has 3 nitrogen and oxygen atoms in total. The third kappa shape index (κ3) is 4.33. The van der Waals surface area contributed by atoms with Gasteiger partial charge in [-0.2, -0.15) is 0 Å². The molecule has 0 saturated carbocycles. The fourth-order valence-corrected chi connectivity index (χ4v) is 1.82. The molecule has 4 heteroatoms. The average molecular weight is 315 g/mol. The average Bonchev–Trinajstić information content (AvgIpc) is 2.33. The van der Waals surface area contributed by atoms with Gasteiger partial charge in [-0.15, -0.1) is 0 Å². The summed E-state index contributed by atoms with van der Waals surface area (Å²) in [5, 5.41) is 0. The number of esters is 1. The molecule has 100 valence electrons. The summed E-state index contributed by atoms with van der Waals surface area (Å²) in [6.07, 6.45) is 1.02. The summed E-state index contributed by atoms with van der Waals surface area (Å²) >= 11 is 3.43. The molecule has 18 heavy (non-hydrogen) atoms. The van der Waals surface area contributed by atoms with E-state index in [1.165, 1.54) is 0 Å². The summed E-state index contributed by atoms with van der Waals surface area (Å²) in [4.78, 5) is 11.7. The predicted octanol–water partition coefficient (Wildman–Crippen LogP) is 3.87. The Kier molecular flexibility index (Phi) is 6.19. The lowest BCUT2D eigenvalue weighted by atomic mass is 10.2. The van der Waals surface area contributed by atoms with Crippen LogP contribution in [0.5, 0.6) is 5.75 Å². The van der Waals surface area contributed by atoms with E-state index in [-0.39, 0.29) is 5.97 Å². The highest BCUT2D eigenvalue weighted by molar-refractivity contribution is 9.10. The molecule has 0 bridgehead atoms. The maximum absolute atomic E-state index is 11.7. The molecule has 1 unspecified atom stereocenters. The van der Waals surface area contributed by atoms with Crippen LogP contribution < -0.4 is 4.74 Å². The van der Waals surface area contributed by atoms with Crippen molar-refractivity contribution in [2.75, 3.05) is 6.61 Å². The van der Waals surface area contributed by atoms with Crippen molar-refractivity contribution in [2.24, 2.45) is 0 Å².